The van der Waals surface area contributed by atoms with Crippen LogP contribution in [0.1, 0.15) is 37.8 Å². The fourth-order valence-electron chi connectivity index (χ4n) is 3.29. The van der Waals surface area contributed by atoms with Crippen molar-refractivity contribution in [3.8, 4) is 11.5 Å². The first-order chi connectivity index (χ1) is 16.7. The Balaban J connectivity index is 2.05. The molecule has 0 radical (unpaired) electrons. The summed E-state index contributed by atoms with van der Waals surface area (Å²) in [5.74, 6) is -1.80. The van der Waals surface area contributed by atoms with Gasteiger partial charge in [0.15, 0.2) is 29.1 Å². The molecule has 2 rings (SSSR count). The predicted molar refractivity (Wildman–Crippen MR) is 129 cm³/mol. The Bertz CT molecular complexity index is 1060. The molecule has 0 saturated carbocycles. The molecule has 0 spiro atoms. The van der Waals surface area contributed by atoms with Crippen molar-refractivity contribution in [1.82, 2.24) is 10.6 Å². The molecule has 35 heavy (non-hydrogen) atoms. The van der Waals surface area contributed by atoms with Crippen LogP contribution in [0.15, 0.2) is 41.4 Å². The first-order valence-corrected chi connectivity index (χ1v) is 11.2. The van der Waals surface area contributed by atoms with Crippen LogP contribution in [-0.2, 0) is 22.6 Å². The van der Waals surface area contributed by atoms with Gasteiger partial charge in [0.25, 0.3) is 0 Å². The lowest BCUT2D eigenvalue weighted by Crippen LogP contribution is -2.41. The third kappa shape index (κ3) is 8.55. The predicted octanol–water partition coefficient (Wildman–Crippen LogP) is 3.08. The highest BCUT2D eigenvalue weighted by molar-refractivity contribution is 5.98. The summed E-state index contributed by atoms with van der Waals surface area (Å²) in [6.07, 6.45) is 1.22. The van der Waals surface area contributed by atoms with E-state index in [0.717, 1.165) is 18.6 Å². The molecular formula is C25H32F2N4O4. The molecule has 0 aliphatic rings. The van der Waals surface area contributed by atoms with E-state index in [2.05, 4.69) is 15.6 Å². The Morgan fingerprint density at radius 2 is 1.71 bits per heavy atom. The fourth-order valence-corrected chi connectivity index (χ4v) is 3.29. The number of nitrogens with one attached hydrogen (secondary N) is 2. The van der Waals surface area contributed by atoms with Gasteiger partial charge in [0.05, 0.1) is 20.6 Å². The molecule has 190 valence electrons. The molecule has 0 heterocycles. The minimum Gasteiger partial charge on any atom is -0.493 e. The molecule has 0 aromatic heterocycles. The van der Waals surface area contributed by atoms with Crippen molar-refractivity contribution >= 4 is 17.8 Å². The average Bonchev–Trinajstić information content (AvgIpc) is 2.83. The van der Waals surface area contributed by atoms with Crippen molar-refractivity contribution in [2.24, 2.45) is 16.6 Å². The van der Waals surface area contributed by atoms with Gasteiger partial charge in [-0.2, -0.15) is 0 Å². The molecule has 0 bridgehead atoms. The number of ether oxygens (including phenoxy) is 2. The molecule has 2 atom stereocenters. The molecule has 0 saturated heterocycles. The Kier molecular flexibility index (Phi) is 10.4. The van der Waals surface area contributed by atoms with Gasteiger partial charge in [0, 0.05) is 6.54 Å². The maximum Gasteiger partial charge on any atom is 0.245 e. The van der Waals surface area contributed by atoms with Gasteiger partial charge in [0.1, 0.15) is 6.04 Å². The van der Waals surface area contributed by atoms with Crippen LogP contribution in [0.25, 0.3) is 0 Å². The number of carbonyl (C=O) groups is 2. The van der Waals surface area contributed by atoms with Gasteiger partial charge in [-0.25, -0.2) is 13.8 Å². The molecule has 2 amide bonds. The van der Waals surface area contributed by atoms with E-state index in [0.29, 0.717) is 29.0 Å². The Morgan fingerprint density at radius 1 is 1.03 bits per heavy atom. The highest BCUT2D eigenvalue weighted by atomic mass is 19.2. The third-order valence-corrected chi connectivity index (χ3v) is 5.45. The van der Waals surface area contributed by atoms with E-state index in [4.69, 9.17) is 15.2 Å². The molecule has 0 aliphatic carbocycles. The van der Waals surface area contributed by atoms with E-state index < -0.39 is 29.5 Å². The van der Waals surface area contributed by atoms with Crippen LogP contribution in [0.5, 0.6) is 11.5 Å². The number of hydrogen-bond acceptors (Lipinski definition) is 5. The van der Waals surface area contributed by atoms with Crippen molar-refractivity contribution in [3.05, 3.63) is 59.2 Å². The van der Waals surface area contributed by atoms with E-state index in [1.54, 1.807) is 18.2 Å². The summed E-state index contributed by atoms with van der Waals surface area (Å²) < 4.78 is 37.0. The lowest BCUT2D eigenvalue weighted by molar-refractivity contribution is -0.123. The summed E-state index contributed by atoms with van der Waals surface area (Å²) in [5, 5.41) is 5.17. The van der Waals surface area contributed by atoms with E-state index >= 15 is 0 Å². The molecule has 8 nitrogen and oxygen atoms in total. The van der Waals surface area contributed by atoms with Gasteiger partial charge in [-0.05, 0) is 47.7 Å². The zero-order valence-corrected chi connectivity index (χ0v) is 20.4. The molecule has 2 aromatic carbocycles. The lowest BCUT2D eigenvalue weighted by atomic mass is 9.99. The molecular weight excluding hydrogens is 458 g/mol. The standard InChI is InChI=1S/C25H32F2N4O4/c1-5-15(2)10-20(24(33)29-14-17-6-8-18(26)19(27)11-17)30-25(28)31-23(32)13-16-7-9-21(34-3)22(12-16)35-4/h6-9,11-12,15,20H,5,10,13-14H2,1-4H3,(H,29,33)(H3,28,30,31,32). The maximum atomic E-state index is 13.4. The number of nitrogens with zero attached hydrogens (tertiary/aromatic N) is 1. The van der Waals surface area contributed by atoms with Crippen LogP contribution >= 0.6 is 0 Å². The first kappa shape index (κ1) is 27.6. The summed E-state index contributed by atoms with van der Waals surface area (Å²) in [4.78, 5) is 29.5. The molecule has 4 N–H and O–H groups in total. The SMILES string of the molecule is CCC(C)CC(N=C(N)NC(=O)Cc1ccc(OC)c(OC)c1)C(=O)NCc1ccc(F)c(F)c1. The average molecular weight is 491 g/mol. The molecule has 2 aromatic rings. The Labute approximate surface area is 203 Å². The number of halogens is 2. The fraction of sp³-hybridized carbons (Fsp3) is 0.400. The topological polar surface area (TPSA) is 115 Å². The number of guanidine groups is 1. The lowest BCUT2D eigenvalue weighted by Gasteiger charge is -2.18. The van der Waals surface area contributed by atoms with Crippen molar-refractivity contribution in [3.63, 3.8) is 0 Å². The van der Waals surface area contributed by atoms with E-state index in [1.807, 2.05) is 13.8 Å². The van der Waals surface area contributed by atoms with Gasteiger partial charge in [-0.3, -0.25) is 14.9 Å². The minimum absolute atomic E-state index is 0.00583. The van der Waals surface area contributed by atoms with E-state index in [1.165, 1.54) is 20.3 Å². The second kappa shape index (κ2) is 13.3. The van der Waals surface area contributed by atoms with Gasteiger partial charge >= 0.3 is 0 Å². The molecule has 0 fully saturated rings. The van der Waals surface area contributed by atoms with Gasteiger partial charge < -0.3 is 20.5 Å². The van der Waals surface area contributed by atoms with Crippen LogP contribution in [0.4, 0.5) is 8.78 Å². The second-order valence-corrected chi connectivity index (χ2v) is 8.16. The second-order valence-electron chi connectivity index (χ2n) is 8.16. The largest absolute Gasteiger partial charge is 0.493 e. The summed E-state index contributed by atoms with van der Waals surface area (Å²) >= 11 is 0. The van der Waals surface area contributed by atoms with Crippen LogP contribution in [-0.4, -0.2) is 38.0 Å². The van der Waals surface area contributed by atoms with Crippen LogP contribution in [0, 0.1) is 17.6 Å². The van der Waals surface area contributed by atoms with Crippen molar-refractivity contribution in [2.45, 2.75) is 45.7 Å². The maximum absolute atomic E-state index is 13.4. The monoisotopic (exact) mass is 490 g/mol. The van der Waals surface area contributed by atoms with Gasteiger partial charge in [0.2, 0.25) is 11.8 Å². The third-order valence-electron chi connectivity index (χ3n) is 5.45. The summed E-state index contributed by atoms with van der Waals surface area (Å²) in [7, 11) is 3.02. The van der Waals surface area contributed by atoms with Gasteiger partial charge in [-0.15, -0.1) is 0 Å². The highest BCUT2D eigenvalue weighted by Crippen LogP contribution is 2.27. The van der Waals surface area contributed by atoms with Crippen LogP contribution in [0.2, 0.25) is 0 Å². The molecule has 10 heteroatoms. The number of aliphatic imine (C=N–C) groups is 1. The van der Waals surface area contributed by atoms with Crippen LogP contribution < -0.4 is 25.8 Å². The zero-order chi connectivity index (χ0) is 26.0. The summed E-state index contributed by atoms with van der Waals surface area (Å²) in [6.45, 7) is 3.95. The highest BCUT2D eigenvalue weighted by Gasteiger charge is 2.21. The number of methoxy groups -OCH3 is 2. The number of rotatable bonds is 11. The Morgan fingerprint density at radius 3 is 2.34 bits per heavy atom. The van der Waals surface area contributed by atoms with E-state index in [-0.39, 0.29) is 24.8 Å². The van der Waals surface area contributed by atoms with Crippen LogP contribution in [0.3, 0.4) is 0 Å². The van der Waals surface area contributed by atoms with Crippen molar-refractivity contribution in [2.75, 3.05) is 14.2 Å². The van der Waals surface area contributed by atoms with Crippen molar-refractivity contribution < 1.29 is 27.8 Å². The molecule has 0 aliphatic heterocycles. The zero-order valence-electron chi connectivity index (χ0n) is 20.4. The normalized spacial score (nSPS) is 13.0. The number of hydrogen-bond donors (Lipinski definition) is 3. The Hall–Kier alpha value is -3.69. The van der Waals surface area contributed by atoms with E-state index in [9.17, 15) is 18.4 Å². The number of carbonyl (C=O) groups excluding carboxylic acids is 2. The summed E-state index contributed by atoms with van der Waals surface area (Å²) in [5.41, 5.74) is 7.01. The number of amides is 2. The van der Waals surface area contributed by atoms with Gasteiger partial charge in [-0.1, -0.05) is 32.4 Å². The summed E-state index contributed by atoms with van der Waals surface area (Å²) in [6, 6.07) is 7.64. The molecule has 2 unspecified atom stereocenters. The first-order valence-electron chi connectivity index (χ1n) is 11.2. The van der Waals surface area contributed by atoms with Crippen molar-refractivity contribution in [1.29, 1.82) is 0 Å². The minimum atomic E-state index is -0.993. The number of benzene rings is 2. The quantitative estimate of drug-likeness (QED) is 0.331. The smallest absolute Gasteiger partial charge is 0.245 e. The number of nitrogens with two attached hydrogens (primary N) is 1.